The molecule has 3 N–H and O–H groups in total. The van der Waals surface area contributed by atoms with Gasteiger partial charge in [-0.2, -0.15) is 0 Å². The smallest absolute Gasteiger partial charge is 0.203 e. The Labute approximate surface area is 74.9 Å². The number of nitrogens with one attached hydrogen (secondary N) is 1. The van der Waals surface area contributed by atoms with Gasteiger partial charge < -0.3 is 10.2 Å². The molecule has 0 unspecified atom stereocenters. The molecule has 0 aliphatic heterocycles. The third kappa shape index (κ3) is 1.51. The van der Waals surface area contributed by atoms with E-state index in [1.807, 2.05) is 24.3 Å². The Kier molecular flexibility index (Phi) is 1.73. The summed E-state index contributed by atoms with van der Waals surface area (Å²) in [6.07, 6.45) is 0.272. The minimum Gasteiger partial charge on any atom is -0.440 e. The van der Waals surface area contributed by atoms with Gasteiger partial charge in [0.1, 0.15) is 5.52 Å². The average molecular weight is 175 g/mol. The number of aromatic nitrogens is 1. The molecule has 0 spiro atoms. The summed E-state index contributed by atoms with van der Waals surface area (Å²) in [5, 5.41) is 7.08. The lowest BCUT2D eigenvalue weighted by Crippen LogP contribution is -2.12. The van der Waals surface area contributed by atoms with Crippen LogP contribution >= 0.6 is 0 Å². The molecule has 1 aromatic carbocycles. The van der Waals surface area contributed by atoms with E-state index in [1.165, 1.54) is 0 Å². The van der Waals surface area contributed by atoms with Crippen molar-refractivity contribution in [3.05, 3.63) is 30.2 Å². The van der Waals surface area contributed by atoms with E-state index in [4.69, 9.17) is 15.6 Å². The maximum atomic E-state index is 7.08. The monoisotopic (exact) mass is 175 g/mol. The molecule has 2 rings (SSSR count). The number of nitrogens with zero attached hydrogens (tertiary/aromatic N) is 1. The Hall–Kier alpha value is -1.84. The summed E-state index contributed by atoms with van der Waals surface area (Å²) < 4.78 is 5.35. The van der Waals surface area contributed by atoms with E-state index in [0.717, 1.165) is 11.1 Å². The number of benzene rings is 1. The fourth-order valence-electron chi connectivity index (χ4n) is 1.16. The largest absolute Gasteiger partial charge is 0.440 e. The van der Waals surface area contributed by atoms with Crippen LogP contribution in [0.15, 0.2) is 28.7 Å². The van der Waals surface area contributed by atoms with E-state index < -0.39 is 0 Å². The van der Waals surface area contributed by atoms with E-state index in [2.05, 4.69) is 4.98 Å². The van der Waals surface area contributed by atoms with Crippen LogP contribution in [-0.4, -0.2) is 10.8 Å². The predicted octanol–water partition coefficient (Wildman–Crippen LogP) is 1.31. The molecule has 1 heterocycles. The van der Waals surface area contributed by atoms with Crippen LogP contribution in [0.1, 0.15) is 5.89 Å². The molecule has 0 bridgehead atoms. The molecule has 0 amide bonds. The molecule has 2 aromatic rings. The van der Waals surface area contributed by atoms with E-state index >= 15 is 0 Å². The van der Waals surface area contributed by atoms with Gasteiger partial charge in [-0.25, -0.2) is 4.98 Å². The molecule has 0 fully saturated rings. The van der Waals surface area contributed by atoms with Crippen LogP contribution in [0.2, 0.25) is 0 Å². The van der Waals surface area contributed by atoms with E-state index in [0.29, 0.717) is 5.89 Å². The second kappa shape index (κ2) is 2.90. The molecule has 0 aliphatic rings. The van der Waals surface area contributed by atoms with Crippen molar-refractivity contribution >= 4 is 16.9 Å². The Bertz CT molecular complexity index is 414. The van der Waals surface area contributed by atoms with Gasteiger partial charge in [-0.3, -0.25) is 5.41 Å². The zero-order valence-corrected chi connectivity index (χ0v) is 6.95. The van der Waals surface area contributed by atoms with Gasteiger partial charge in [0, 0.05) is 0 Å². The summed E-state index contributed by atoms with van der Waals surface area (Å²) in [5.74, 6) is 0.556. The van der Waals surface area contributed by atoms with E-state index in [-0.39, 0.29) is 12.3 Å². The first-order valence-corrected chi connectivity index (χ1v) is 3.93. The first kappa shape index (κ1) is 7.79. The predicted molar refractivity (Wildman–Crippen MR) is 49.6 cm³/mol. The molecule has 1 aromatic heterocycles. The minimum absolute atomic E-state index is 0.0616. The number of para-hydroxylation sites is 2. The normalized spacial score (nSPS) is 10.5. The first-order chi connectivity index (χ1) is 6.25. The lowest BCUT2D eigenvalue weighted by molar-refractivity contribution is 0.550. The topological polar surface area (TPSA) is 75.9 Å². The maximum absolute atomic E-state index is 7.08. The third-order valence-electron chi connectivity index (χ3n) is 1.68. The fourth-order valence-corrected chi connectivity index (χ4v) is 1.16. The Morgan fingerprint density at radius 1 is 1.46 bits per heavy atom. The van der Waals surface area contributed by atoms with Crippen molar-refractivity contribution in [2.75, 3.05) is 0 Å². The molecule has 4 nitrogen and oxygen atoms in total. The molecule has 0 saturated carbocycles. The van der Waals surface area contributed by atoms with Gasteiger partial charge in [0.15, 0.2) is 5.58 Å². The summed E-state index contributed by atoms with van der Waals surface area (Å²) >= 11 is 0. The van der Waals surface area contributed by atoms with Gasteiger partial charge >= 0.3 is 0 Å². The number of oxazole rings is 1. The molecule has 66 valence electrons. The minimum atomic E-state index is 0.0616. The van der Waals surface area contributed by atoms with Crippen molar-refractivity contribution in [2.24, 2.45) is 5.73 Å². The highest BCUT2D eigenvalue weighted by Gasteiger charge is 2.04. The average Bonchev–Trinajstić information content (AvgIpc) is 2.44. The van der Waals surface area contributed by atoms with Crippen molar-refractivity contribution < 1.29 is 4.42 Å². The molecule has 0 aliphatic carbocycles. The summed E-state index contributed by atoms with van der Waals surface area (Å²) in [6, 6.07) is 7.47. The van der Waals surface area contributed by atoms with Crippen molar-refractivity contribution in [2.45, 2.75) is 6.42 Å². The molecule has 0 atom stereocenters. The van der Waals surface area contributed by atoms with Crippen LogP contribution in [0.5, 0.6) is 0 Å². The van der Waals surface area contributed by atoms with Gasteiger partial charge in [-0.15, -0.1) is 0 Å². The number of nitrogens with two attached hydrogens (primary N) is 1. The Morgan fingerprint density at radius 3 is 2.92 bits per heavy atom. The number of fused-ring (bicyclic) bond motifs is 1. The highest BCUT2D eigenvalue weighted by molar-refractivity contribution is 5.79. The lowest BCUT2D eigenvalue weighted by atomic mass is 10.3. The standard InChI is InChI=1S/C9H9N3O/c10-8(11)5-9-12-6-3-1-2-4-7(6)13-9/h1-4H,5H2,(H3,10,11). The van der Waals surface area contributed by atoms with E-state index in [9.17, 15) is 0 Å². The summed E-state index contributed by atoms with van der Waals surface area (Å²) in [4.78, 5) is 4.17. The van der Waals surface area contributed by atoms with Gasteiger partial charge in [0.05, 0.1) is 12.3 Å². The second-order valence-electron chi connectivity index (χ2n) is 2.78. The van der Waals surface area contributed by atoms with Crippen LogP contribution in [0.3, 0.4) is 0 Å². The fraction of sp³-hybridized carbons (Fsp3) is 0.111. The van der Waals surface area contributed by atoms with E-state index in [1.54, 1.807) is 0 Å². The van der Waals surface area contributed by atoms with Crippen LogP contribution in [0.4, 0.5) is 0 Å². The number of hydrogen-bond acceptors (Lipinski definition) is 3. The van der Waals surface area contributed by atoms with Crippen LogP contribution in [-0.2, 0) is 6.42 Å². The van der Waals surface area contributed by atoms with Crippen molar-refractivity contribution in [3.63, 3.8) is 0 Å². The van der Waals surface area contributed by atoms with Gasteiger partial charge in [0.25, 0.3) is 0 Å². The lowest BCUT2D eigenvalue weighted by Gasteiger charge is -1.88. The second-order valence-corrected chi connectivity index (χ2v) is 2.78. The molecule has 4 heteroatoms. The van der Waals surface area contributed by atoms with Crippen molar-refractivity contribution in [1.82, 2.24) is 4.98 Å². The van der Waals surface area contributed by atoms with Gasteiger partial charge in [-0.1, -0.05) is 12.1 Å². The molecular weight excluding hydrogens is 166 g/mol. The zero-order valence-electron chi connectivity index (χ0n) is 6.95. The molecule has 0 radical (unpaired) electrons. The molecule has 13 heavy (non-hydrogen) atoms. The Morgan fingerprint density at radius 2 is 2.23 bits per heavy atom. The highest BCUT2D eigenvalue weighted by Crippen LogP contribution is 2.14. The summed E-state index contributed by atoms with van der Waals surface area (Å²) in [5.41, 5.74) is 6.77. The summed E-state index contributed by atoms with van der Waals surface area (Å²) in [7, 11) is 0. The number of hydrogen-bond donors (Lipinski definition) is 2. The van der Waals surface area contributed by atoms with Crippen LogP contribution in [0, 0.1) is 5.41 Å². The van der Waals surface area contributed by atoms with Crippen molar-refractivity contribution in [1.29, 1.82) is 5.41 Å². The maximum Gasteiger partial charge on any atom is 0.203 e. The highest BCUT2D eigenvalue weighted by atomic mass is 16.3. The van der Waals surface area contributed by atoms with Crippen LogP contribution in [0.25, 0.3) is 11.1 Å². The zero-order chi connectivity index (χ0) is 9.26. The molecule has 0 saturated heterocycles. The van der Waals surface area contributed by atoms with Gasteiger partial charge in [-0.05, 0) is 12.1 Å². The first-order valence-electron chi connectivity index (χ1n) is 3.93. The third-order valence-corrected chi connectivity index (χ3v) is 1.68. The Balaban J connectivity index is 2.44. The van der Waals surface area contributed by atoms with Crippen LogP contribution < -0.4 is 5.73 Å². The van der Waals surface area contributed by atoms with Crippen molar-refractivity contribution in [3.8, 4) is 0 Å². The SMILES string of the molecule is N=C(N)Cc1nc2ccccc2o1. The summed E-state index contributed by atoms with van der Waals surface area (Å²) in [6.45, 7) is 0. The number of amidine groups is 1. The van der Waals surface area contributed by atoms with Gasteiger partial charge in [0.2, 0.25) is 5.89 Å². The quantitative estimate of drug-likeness (QED) is 0.533. The molecular formula is C9H9N3O. The number of rotatable bonds is 2.